The zero-order chi connectivity index (χ0) is 15.1. The molecule has 0 spiro atoms. The maximum atomic E-state index is 12.0. The van der Waals surface area contributed by atoms with E-state index < -0.39 is 0 Å². The summed E-state index contributed by atoms with van der Waals surface area (Å²) in [6.45, 7) is 0.365. The molecule has 21 heavy (non-hydrogen) atoms. The number of halogens is 1. The van der Waals surface area contributed by atoms with Crippen LogP contribution < -0.4 is 5.32 Å². The number of benzene rings is 1. The highest BCUT2D eigenvalue weighted by Gasteiger charge is 2.07. The lowest BCUT2D eigenvalue weighted by Crippen LogP contribution is -2.25. The molecule has 2 aromatic rings. The molecule has 0 fully saturated rings. The van der Waals surface area contributed by atoms with Crippen LogP contribution in [0, 0.1) is 11.8 Å². The van der Waals surface area contributed by atoms with Crippen molar-refractivity contribution in [2.75, 3.05) is 13.2 Å². The van der Waals surface area contributed by atoms with Crippen LogP contribution >= 0.6 is 22.9 Å². The van der Waals surface area contributed by atoms with Crippen molar-refractivity contribution in [1.29, 1.82) is 0 Å². The molecule has 0 saturated carbocycles. The molecule has 0 atom stereocenters. The molecule has 0 aliphatic rings. The zero-order valence-corrected chi connectivity index (χ0v) is 12.8. The second kappa shape index (κ2) is 7.84. The van der Waals surface area contributed by atoms with Gasteiger partial charge in [0.25, 0.3) is 5.91 Å². The molecule has 3 nitrogen and oxygen atoms in total. The van der Waals surface area contributed by atoms with Gasteiger partial charge in [0, 0.05) is 22.5 Å². The average Bonchev–Trinajstić information content (AvgIpc) is 2.99. The predicted octanol–water partition coefficient (Wildman–Crippen LogP) is 2.72. The Kier molecular flexibility index (Phi) is 5.82. The van der Waals surface area contributed by atoms with Gasteiger partial charge in [-0.05, 0) is 36.1 Å². The molecule has 1 amide bonds. The van der Waals surface area contributed by atoms with E-state index in [1.165, 1.54) is 4.88 Å². The predicted molar refractivity (Wildman–Crippen MR) is 85.8 cm³/mol. The summed E-state index contributed by atoms with van der Waals surface area (Å²) in [7, 11) is 0. The molecule has 0 unspecified atom stereocenters. The molecule has 5 heteroatoms. The second-order valence-corrected chi connectivity index (χ2v) is 5.68. The van der Waals surface area contributed by atoms with E-state index in [1.807, 2.05) is 17.5 Å². The van der Waals surface area contributed by atoms with Gasteiger partial charge in [0.15, 0.2) is 0 Å². The van der Waals surface area contributed by atoms with Crippen molar-refractivity contribution < 1.29 is 9.90 Å². The van der Waals surface area contributed by atoms with Crippen LogP contribution in [-0.2, 0) is 6.42 Å². The van der Waals surface area contributed by atoms with Gasteiger partial charge in [-0.25, -0.2) is 0 Å². The number of aliphatic hydroxyl groups is 1. The molecule has 1 aromatic carbocycles. The number of thiophene rings is 1. The summed E-state index contributed by atoms with van der Waals surface area (Å²) >= 11 is 7.74. The Balaban J connectivity index is 1.94. The van der Waals surface area contributed by atoms with E-state index in [-0.39, 0.29) is 12.5 Å². The third-order valence-corrected chi connectivity index (χ3v) is 4.02. The Labute approximate surface area is 132 Å². The van der Waals surface area contributed by atoms with Crippen LogP contribution in [0.4, 0.5) is 0 Å². The van der Waals surface area contributed by atoms with Crippen molar-refractivity contribution >= 4 is 28.8 Å². The summed E-state index contributed by atoms with van der Waals surface area (Å²) in [5.74, 6) is 5.10. The van der Waals surface area contributed by atoms with Crippen LogP contribution in [0.15, 0.2) is 35.7 Å². The number of aliphatic hydroxyl groups excluding tert-OH is 1. The number of rotatable bonds is 4. The van der Waals surface area contributed by atoms with Crippen molar-refractivity contribution in [3.63, 3.8) is 0 Å². The number of hydrogen-bond donors (Lipinski definition) is 2. The highest BCUT2D eigenvalue weighted by Crippen LogP contribution is 2.17. The first-order valence-electron chi connectivity index (χ1n) is 6.40. The van der Waals surface area contributed by atoms with Gasteiger partial charge < -0.3 is 10.4 Å². The third kappa shape index (κ3) is 4.61. The Morgan fingerprint density at radius 1 is 1.38 bits per heavy atom. The number of hydrogen-bond acceptors (Lipinski definition) is 3. The van der Waals surface area contributed by atoms with E-state index in [0.29, 0.717) is 22.7 Å². The van der Waals surface area contributed by atoms with E-state index in [4.69, 9.17) is 16.7 Å². The molecule has 0 radical (unpaired) electrons. The van der Waals surface area contributed by atoms with Gasteiger partial charge in [-0.2, -0.15) is 0 Å². The summed E-state index contributed by atoms with van der Waals surface area (Å²) in [5, 5.41) is 13.9. The molecule has 2 N–H and O–H groups in total. The van der Waals surface area contributed by atoms with E-state index in [1.54, 1.807) is 29.5 Å². The molecule has 1 aromatic heterocycles. The summed E-state index contributed by atoms with van der Waals surface area (Å²) in [6.07, 6.45) is 0.817. The number of carbonyl (C=O) groups excluding carboxylic acids is 1. The van der Waals surface area contributed by atoms with Crippen LogP contribution in [0.25, 0.3) is 0 Å². The van der Waals surface area contributed by atoms with Crippen molar-refractivity contribution in [3.8, 4) is 11.8 Å². The topological polar surface area (TPSA) is 49.3 Å². The standard InChI is InChI=1S/C16H14ClNO2S/c17-15-11-13(6-5-12(15)3-1-9-19)16(20)18-8-7-14-4-2-10-21-14/h2,4-6,10-11,19H,7-9H2,(H,18,20). The molecule has 0 aliphatic heterocycles. The van der Waals surface area contributed by atoms with E-state index in [0.717, 1.165) is 6.42 Å². The lowest BCUT2D eigenvalue weighted by Gasteiger charge is -2.05. The van der Waals surface area contributed by atoms with Gasteiger partial charge in [0.2, 0.25) is 0 Å². The summed E-state index contributed by atoms with van der Waals surface area (Å²) in [6, 6.07) is 8.98. The first-order chi connectivity index (χ1) is 10.2. The maximum Gasteiger partial charge on any atom is 0.251 e. The monoisotopic (exact) mass is 319 g/mol. The number of nitrogens with one attached hydrogen (secondary N) is 1. The molecule has 0 aliphatic carbocycles. The zero-order valence-electron chi connectivity index (χ0n) is 11.2. The van der Waals surface area contributed by atoms with E-state index >= 15 is 0 Å². The van der Waals surface area contributed by atoms with Crippen molar-refractivity contribution in [3.05, 3.63) is 56.7 Å². The summed E-state index contributed by atoms with van der Waals surface area (Å²) in [5.41, 5.74) is 1.10. The minimum atomic E-state index is -0.221. The Morgan fingerprint density at radius 3 is 2.90 bits per heavy atom. The molecule has 108 valence electrons. The van der Waals surface area contributed by atoms with Crippen LogP contribution in [-0.4, -0.2) is 24.2 Å². The third-order valence-electron chi connectivity index (χ3n) is 2.77. The van der Waals surface area contributed by atoms with Gasteiger partial charge in [0.1, 0.15) is 6.61 Å². The summed E-state index contributed by atoms with van der Waals surface area (Å²) in [4.78, 5) is 13.2. The van der Waals surface area contributed by atoms with Crippen LogP contribution in [0.3, 0.4) is 0 Å². The molecule has 2 rings (SSSR count). The fourth-order valence-corrected chi connectivity index (χ4v) is 2.69. The number of amides is 1. The van der Waals surface area contributed by atoms with Crippen LogP contribution in [0.1, 0.15) is 20.8 Å². The Hall–Kier alpha value is -1.80. The highest BCUT2D eigenvalue weighted by molar-refractivity contribution is 7.09. The van der Waals surface area contributed by atoms with Crippen LogP contribution in [0.2, 0.25) is 5.02 Å². The number of carbonyl (C=O) groups is 1. The van der Waals surface area contributed by atoms with Gasteiger partial charge in [0.05, 0.1) is 5.02 Å². The second-order valence-electron chi connectivity index (χ2n) is 4.24. The lowest BCUT2D eigenvalue weighted by molar-refractivity contribution is 0.0954. The molecule has 0 saturated heterocycles. The maximum absolute atomic E-state index is 12.0. The molecule has 0 bridgehead atoms. The first kappa shape index (κ1) is 15.6. The summed E-state index contributed by atoms with van der Waals surface area (Å²) < 4.78 is 0. The molecule has 1 heterocycles. The smallest absolute Gasteiger partial charge is 0.251 e. The Morgan fingerprint density at radius 2 is 2.24 bits per heavy atom. The average molecular weight is 320 g/mol. The fraction of sp³-hybridized carbons (Fsp3) is 0.188. The minimum Gasteiger partial charge on any atom is -0.384 e. The minimum absolute atomic E-state index is 0.157. The van der Waals surface area contributed by atoms with Crippen molar-refractivity contribution in [2.45, 2.75) is 6.42 Å². The van der Waals surface area contributed by atoms with E-state index in [9.17, 15) is 4.79 Å². The normalized spacial score (nSPS) is 9.81. The highest BCUT2D eigenvalue weighted by atomic mass is 35.5. The molecular formula is C16H14ClNO2S. The van der Waals surface area contributed by atoms with Gasteiger partial charge >= 0.3 is 0 Å². The van der Waals surface area contributed by atoms with Gasteiger partial charge in [-0.1, -0.05) is 29.5 Å². The van der Waals surface area contributed by atoms with Gasteiger partial charge in [-0.15, -0.1) is 11.3 Å². The van der Waals surface area contributed by atoms with Gasteiger partial charge in [-0.3, -0.25) is 4.79 Å². The quantitative estimate of drug-likeness (QED) is 0.851. The van der Waals surface area contributed by atoms with Crippen molar-refractivity contribution in [1.82, 2.24) is 5.32 Å². The molecular weight excluding hydrogens is 306 g/mol. The van der Waals surface area contributed by atoms with Crippen LogP contribution in [0.5, 0.6) is 0 Å². The largest absolute Gasteiger partial charge is 0.384 e. The van der Waals surface area contributed by atoms with Crippen molar-refractivity contribution in [2.24, 2.45) is 0 Å². The Bertz CT molecular complexity index is 671. The lowest BCUT2D eigenvalue weighted by atomic mass is 10.1. The fourth-order valence-electron chi connectivity index (χ4n) is 1.75. The SMILES string of the molecule is O=C(NCCc1cccs1)c1ccc(C#CCO)c(Cl)c1. The first-order valence-corrected chi connectivity index (χ1v) is 7.66. The van der Waals surface area contributed by atoms with E-state index in [2.05, 4.69) is 17.2 Å².